The number of aromatic amines is 1. The Kier molecular flexibility index (Phi) is 10.2. The molecule has 3 aromatic rings. The Labute approximate surface area is 247 Å². The molecule has 3 unspecified atom stereocenters. The molecule has 242 valence electrons. The van der Waals surface area contributed by atoms with Gasteiger partial charge in [0.2, 0.25) is 12.1 Å². The minimum Gasteiger partial charge on any atom is -0.347 e. The SMILES string of the molecule is C[C@@H](NC(=O)C(F)C(F)CF)c1ccc2nc([C@@H](NC(=O)c3cnn(C)c3CC(F)C(F)F)C3CCC(F)(F)CC3)[nH]c2c1. The van der Waals surface area contributed by atoms with Crippen LogP contribution in [0.15, 0.2) is 24.4 Å². The van der Waals surface area contributed by atoms with Crippen LogP contribution in [0.1, 0.15) is 72.1 Å². The molecule has 2 amide bonds. The van der Waals surface area contributed by atoms with Gasteiger partial charge >= 0.3 is 0 Å². The molecule has 0 bridgehead atoms. The molecule has 1 fully saturated rings. The van der Waals surface area contributed by atoms with Crippen molar-refractivity contribution in [2.75, 3.05) is 6.67 Å². The number of nitrogens with one attached hydrogen (secondary N) is 3. The first-order valence-electron chi connectivity index (χ1n) is 14.0. The van der Waals surface area contributed by atoms with Gasteiger partial charge in [0, 0.05) is 26.3 Å². The highest BCUT2D eigenvalue weighted by Gasteiger charge is 2.40. The van der Waals surface area contributed by atoms with E-state index in [1.807, 2.05) is 0 Å². The molecular formula is C28H32F8N6O2. The summed E-state index contributed by atoms with van der Waals surface area (Å²) >= 11 is 0. The number of carbonyl (C=O) groups excluding carboxylic acids is 2. The minimum atomic E-state index is -3.27. The molecule has 1 aromatic carbocycles. The molecule has 44 heavy (non-hydrogen) atoms. The van der Waals surface area contributed by atoms with E-state index >= 15 is 0 Å². The monoisotopic (exact) mass is 636 g/mol. The smallest absolute Gasteiger partial charge is 0.269 e. The number of hydrogen-bond donors (Lipinski definition) is 3. The number of rotatable bonds is 12. The summed E-state index contributed by atoms with van der Waals surface area (Å²) in [5.41, 5.74) is 1.02. The number of aromatic nitrogens is 4. The van der Waals surface area contributed by atoms with Gasteiger partial charge in [-0.1, -0.05) is 6.07 Å². The maximum absolute atomic E-state index is 14.0. The number of alkyl halides is 8. The number of benzene rings is 1. The Morgan fingerprint density at radius 1 is 1.09 bits per heavy atom. The predicted octanol–water partition coefficient (Wildman–Crippen LogP) is 5.56. The lowest BCUT2D eigenvalue weighted by Crippen LogP contribution is -2.39. The van der Waals surface area contributed by atoms with Gasteiger partial charge in [-0.25, -0.2) is 40.1 Å². The summed E-state index contributed by atoms with van der Waals surface area (Å²) in [4.78, 5) is 32.9. The zero-order valence-electron chi connectivity index (χ0n) is 23.8. The normalized spacial score (nSPS) is 19.0. The second kappa shape index (κ2) is 13.5. The molecule has 2 aromatic heterocycles. The summed E-state index contributed by atoms with van der Waals surface area (Å²) in [5.74, 6) is -5.29. The molecule has 0 saturated heterocycles. The third-order valence-corrected chi connectivity index (χ3v) is 7.88. The van der Waals surface area contributed by atoms with Crippen LogP contribution in [0.4, 0.5) is 35.1 Å². The van der Waals surface area contributed by atoms with Gasteiger partial charge in [0.1, 0.15) is 12.5 Å². The van der Waals surface area contributed by atoms with Crippen molar-refractivity contribution in [3.8, 4) is 0 Å². The molecule has 16 heteroatoms. The van der Waals surface area contributed by atoms with Crippen LogP contribution in [-0.4, -0.2) is 69.1 Å². The lowest BCUT2D eigenvalue weighted by molar-refractivity contribution is -0.129. The summed E-state index contributed by atoms with van der Waals surface area (Å²) in [6.45, 7) is -0.158. The fourth-order valence-corrected chi connectivity index (χ4v) is 5.28. The number of aryl methyl sites for hydroxylation is 1. The fraction of sp³-hybridized carbons (Fsp3) is 0.571. The van der Waals surface area contributed by atoms with Crippen molar-refractivity contribution >= 4 is 22.8 Å². The summed E-state index contributed by atoms with van der Waals surface area (Å²) in [5, 5.41) is 8.92. The summed E-state index contributed by atoms with van der Waals surface area (Å²) in [7, 11) is 1.37. The molecule has 5 atom stereocenters. The highest BCUT2D eigenvalue weighted by molar-refractivity contribution is 5.95. The zero-order chi connectivity index (χ0) is 32.3. The maximum atomic E-state index is 14.0. The van der Waals surface area contributed by atoms with E-state index in [1.165, 1.54) is 14.0 Å². The third-order valence-electron chi connectivity index (χ3n) is 7.88. The summed E-state index contributed by atoms with van der Waals surface area (Å²) < 4.78 is 108. The van der Waals surface area contributed by atoms with E-state index in [4.69, 9.17) is 0 Å². The van der Waals surface area contributed by atoms with Crippen molar-refractivity contribution in [2.24, 2.45) is 13.0 Å². The Morgan fingerprint density at radius 3 is 2.41 bits per heavy atom. The number of H-pyrrole nitrogens is 1. The van der Waals surface area contributed by atoms with Crippen molar-refractivity contribution in [3.05, 3.63) is 47.0 Å². The van der Waals surface area contributed by atoms with E-state index in [0.29, 0.717) is 16.6 Å². The van der Waals surface area contributed by atoms with E-state index in [0.717, 1.165) is 10.9 Å². The Balaban J connectivity index is 1.61. The van der Waals surface area contributed by atoms with E-state index in [-0.39, 0.29) is 29.9 Å². The molecule has 1 aliphatic rings. The number of carbonyl (C=O) groups is 2. The molecule has 1 saturated carbocycles. The number of imidazole rings is 1. The Morgan fingerprint density at radius 2 is 1.77 bits per heavy atom. The van der Waals surface area contributed by atoms with Crippen LogP contribution in [0.2, 0.25) is 0 Å². The van der Waals surface area contributed by atoms with Crippen molar-refractivity contribution in [1.82, 2.24) is 30.4 Å². The fourth-order valence-electron chi connectivity index (χ4n) is 5.28. The second-order valence-electron chi connectivity index (χ2n) is 11.0. The van der Waals surface area contributed by atoms with Crippen LogP contribution in [0.5, 0.6) is 0 Å². The molecule has 4 rings (SSSR count). The van der Waals surface area contributed by atoms with Gasteiger partial charge < -0.3 is 15.6 Å². The van der Waals surface area contributed by atoms with Gasteiger partial charge in [-0.3, -0.25) is 14.3 Å². The summed E-state index contributed by atoms with van der Waals surface area (Å²) in [6.07, 6.45) is -11.6. The first-order chi connectivity index (χ1) is 20.7. The van der Waals surface area contributed by atoms with Crippen LogP contribution in [0.3, 0.4) is 0 Å². The first-order valence-corrected chi connectivity index (χ1v) is 14.0. The topological polar surface area (TPSA) is 105 Å². The average Bonchev–Trinajstić information content (AvgIpc) is 3.57. The molecule has 2 heterocycles. The zero-order valence-corrected chi connectivity index (χ0v) is 23.8. The molecule has 0 spiro atoms. The number of halogens is 8. The van der Waals surface area contributed by atoms with Gasteiger partial charge in [-0.2, -0.15) is 5.10 Å². The van der Waals surface area contributed by atoms with Gasteiger partial charge in [-0.15, -0.1) is 0 Å². The van der Waals surface area contributed by atoms with Crippen molar-refractivity contribution < 1.29 is 44.7 Å². The Bertz CT molecular complexity index is 1450. The van der Waals surface area contributed by atoms with Crippen LogP contribution < -0.4 is 10.6 Å². The van der Waals surface area contributed by atoms with Crippen LogP contribution in [-0.2, 0) is 18.3 Å². The second-order valence-corrected chi connectivity index (χ2v) is 11.0. The maximum Gasteiger partial charge on any atom is 0.269 e. The standard InChI is InChI=1S/C28H32F8N6O2/c1-13(38-27(44)22(32)18(31)11-29)15-3-4-19-20(9-15)40-25(39-19)23(14-5-7-28(35,36)8-6-14)41-26(43)16-12-37-42(2)21(16)10-17(30)24(33)34/h3-4,9,12-14,17-18,22-24H,5-8,10-11H2,1-2H3,(H,38,44)(H,39,40)(H,41,43)/t13-,17?,18?,22?,23+/m1/s1. The minimum absolute atomic E-state index is 0.0278. The highest BCUT2D eigenvalue weighted by Crippen LogP contribution is 2.41. The quantitative estimate of drug-likeness (QED) is 0.227. The predicted molar refractivity (Wildman–Crippen MR) is 143 cm³/mol. The molecule has 0 aliphatic heterocycles. The molecular weight excluding hydrogens is 604 g/mol. The van der Waals surface area contributed by atoms with Crippen LogP contribution in [0, 0.1) is 5.92 Å². The number of nitrogens with zero attached hydrogens (tertiary/aromatic N) is 3. The third kappa shape index (κ3) is 7.49. The van der Waals surface area contributed by atoms with E-state index in [1.54, 1.807) is 18.2 Å². The number of amides is 2. The lowest BCUT2D eigenvalue weighted by Gasteiger charge is -2.33. The number of hydrogen-bond acceptors (Lipinski definition) is 4. The van der Waals surface area contributed by atoms with Crippen LogP contribution >= 0.6 is 0 Å². The van der Waals surface area contributed by atoms with Crippen LogP contribution in [0.25, 0.3) is 11.0 Å². The molecule has 1 aliphatic carbocycles. The molecule has 0 radical (unpaired) electrons. The number of fused-ring (bicyclic) bond motifs is 1. The van der Waals surface area contributed by atoms with Crippen molar-refractivity contribution in [1.29, 1.82) is 0 Å². The lowest BCUT2D eigenvalue weighted by atomic mass is 9.81. The van der Waals surface area contributed by atoms with E-state index in [9.17, 15) is 44.7 Å². The van der Waals surface area contributed by atoms with E-state index < -0.39 is 86.6 Å². The average molecular weight is 637 g/mol. The molecule has 3 N–H and O–H groups in total. The van der Waals surface area contributed by atoms with Gasteiger partial charge in [0.15, 0.2) is 12.3 Å². The summed E-state index contributed by atoms with van der Waals surface area (Å²) in [6, 6.07) is 2.91. The van der Waals surface area contributed by atoms with Gasteiger partial charge in [0.25, 0.3) is 18.2 Å². The largest absolute Gasteiger partial charge is 0.347 e. The Hall–Kier alpha value is -3.72. The van der Waals surface area contributed by atoms with Gasteiger partial charge in [0.05, 0.1) is 40.6 Å². The van der Waals surface area contributed by atoms with E-state index in [2.05, 4.69) is 25.7 Å². The van der Waals surface area contributed by atoms with Gasteiger partial charge in [-0.05, 0) is 43.4 Å². The molecule has 8 nitrogen and oxygen atoms in total. The first kappa shape index (κ1) is 33.2. The van der Waals surface area contributed by atoms with Crippen molar-refractivity contribution in [3.63, 3.8) is 0 Å². The highest BCUT2D eigenvalue weighted by atomic mass is 19.3. The van der Waals surface area contributed by atoms with Crippen molar-refractivity contribution in [2.45, 2.75) is 82.0 Å².